The number of sulfone groups is 1. The summed E-state index contributed by atoms with van der Waals surface area (Å²) in [7, 11) is -2.04. The van der Waals surface area contributed by atoms with Crippen molar-refractivity contribution in [2.24, 2.45) is 5.92 Å². The molecule has 1 heterocycles. The van der Waals surface area contributed by atoms with Gasteiger partial charge in [-0.3, -0.25) is 4.79 Å². The van der Waals surface area contributed by atoms with E-state index in [-0.39, 0.29) is 17.2 Å². The monoisotopic (exact) mass is 282 g/mol. The Balaban J connectivity index is 2.49. The number of methoxy groups -OCH3 is 1. The largest absolute Gasteiger partial charge is 0.497 e. The zero-order valence-electron chi connectivity index (χ0n) is 10.6. The lowest BCUT2D eigenvalue weighted by Crippen LogP contribution is -2.05. The SMILES string of the molecule is COc1ccc2c(c1)S(=O)(=O)C=C2C(C)CC(=O)O. The topological polar surface area (TPSA) is 80.7 Å². The molecule has 0 fully saturated rings. The summed E-state index contributed by atoms with van der Waals surface area (Å²) in [5.74, 6) is -0.849. The van der Waals surface area contributed by atoms with Crippen LogP contribution in [0.2, 0.25) is 0 Å². The highest BCUT2D eigenvalue weighted by atomic mass is 32.2. The first-order valence-electron chi connectivity index (χ1n) is 5.72. The molecule has 1 aliphatic heterocycles. The van der Waals surface area contributed by atoms with Gasteiger partial charge in [0.25, 0.3) is 0 Å². The molecule has 0 aromatic heterocycles. The molecule has 0 radical (unpaired) electrons. The minimum atomic E-state index is -3.50. The number of hydrogen-bond donors (Lipinski definition) is 1. The Bertz CT molecular complexity index is 658. The molecule has 0 saturated heterocycles. The second kappa shape index (κ2) is 4.70. The van der Waals surface area contributed by atoms with Crippen molar-refractivity contribution in [1.29, 1.82) is 0 Å². The van der Waals surface area contributed by atoms with Crippen LogP contribution >= 0.6 is 0 Å². The molecule has 1 atom stereocenters. The van der Waals surface area contributed by atoms with E-state index >= 15 is 0 Å². The van der Waals surface area contributed by atoms with Gasteiger partial charge in [-0.05, 0) is 35.3 Å². The third-order valence-electron chi connectivity index (χ3n) is 3.10. The van der Waals surface area contributed by atoms with Crippen molar-refractivity contribution >= 4 is 21.4 Å². The summed E-state index contributed by atoms with van der Waals surface area (Å²) in [5.41, 5.74) is 1.11. The maximum atomic E-state index is 12.0. The summed E-state index contributed by atoms with van der Waals surface area (Å²) >= 11 is 0. The minimum Gasteiger partial charge on any atom is -0.497 e. The van der Waals surface area contributed by atoms with Gasteiger partial charge >= 0.3 is 5.97 Å². The fraction of sp³-hybridized carbons (Fsp3) is 0.308. The number of carboxylic acids is 1. The van der Waals surface area contributed by atoms with E-state index in [0.29, 0.717) is 16.9 Å². The predicted octanol–water partition coefficient (Wildman–Crippen LogP) is 1.93. The molecule has 5 nitrogen and oxygen atoms in total. The average molecular weight is 282 g/mol. The van der Waals surface area contributed by atoms with Gasteiger partial charge < -0.3 is 9.84 Å². The van der Waals surface area contributed by atoms with E-state index in [2.05, 4.69) is 0 Å². The molecule has 0 aliphatic carbocycles. The number of rotatable bonds is 4. The molecule has 0 spiro atoms. The van der Waals surface area contributed by atoms with Crippen LogP contribution < -0.4 is 4.74 Å². The van der Waals surface area contributed by atoms with Crippen molar-refractivity contribution in [3.63, 3.8) is 0 Å². The summed E-state index contributed by atoms with van der Waals surface area (Å²) in [5, 5.41) is 9.97. The zero-order valence-corrected chi connectivity index (χ0v) is 11.4. The van der Waals surface area contributed by atoms with E-state index in [1.165, 1.54) is 13.2 Å². The standard InChI is InChI=1S/C13H14O5S/c1-8(5-13(14)15)11-7-19(16,17)12-6-9(18-2)3-4-10(11)12/h3-4,6-8H,5H2,1-2H3,(H,14,15). The van der Waals surface area contributed by atoms with E-state index < -0.39 is 15.8 Å². The number of carbonyl (C=O) groups is 1. The number of allylic oxidation sites excluding steroid dienone is 1. The highest BCUT2D eigenvalue weighted by molar-refractivity contribution is 7.95. The van der Waals surface area contributed by atoms with Crippen molar-refractivity contribution in [2.75, 3.05) is 7.11 Å². The number of ether oxygens (including phenoxy) is 1. The van der Waals surface area contributed by atoms with Crippen LogP contribution in [0.15, 0.2) is 28.5 Å². The van der Waals surface area contributed by atoms with Crippen LogP contribution in [0.25, 0.3) is 5.57 Å². The lowest BCUT2D eigenvalue weighted by atomic mass is 9.93. The van der Waals surface area contributed by atoms with Crippen molar-refractivity contribution in [2.45, 2.75) is 18.2 Å². The average Bonchev–Trinajstić information content (AvgIpc) is 2.60. The van der Waals surface area contributed by atoms with Crippen LogP contribution in [0, 0.1) is 5.92 Å². The normalized spacial score (nSPS) is 17.5. The molecule has 1 unspecified atom stereocenters. The predicted molar refractivity (Wildman–Crippen MR) is 69.6 cm³/mol. The van der Waals surface area contributed by atoms with Gasteiger partial charge in [0.2, 0.25) is 9.84 Å². The van der Waals surface area contributed by atoms with E-state index in [0.717, 1.165) is 5.41 Å². The number of hydrogen-bond acceptors (Lipinski definition) is 4. The van der Waals surface area contributed by atoms with Crippen LogP contribution in [-0.4, -0.2) is 26.6 Å². The van der Waals surface area contributed by atoms with Crippen molar-refractivity contribution < 1.29 is 23.1 Å². The van der Waals surface area contributed by atoms with Crippen LogP contribution in [0.4, 0.5) is 0 Å². The highest BCUT2D eigenvalue weighted by Crippen LogP contribution is 2.40. The Morgan fingerprint density at radius 3 is 2.68 bits per heavy atom. The van der Waals surface area contributed by atoms with Crippen LogP contribution in [0.3, 0.4) is 0 Å². The number of aliphatic carboxylic acids is 1. The molecular formula is C13H14O5S. The Morgan fingerprint density at radius 2 is 2.11 bits per heavy atom. The number of carboxylic acid groups (broad SMARTS) is 1. The molecule has 1 N–H and O–H groups in total. The Labute approximate surface area is 111 Å². The maximum absolute atomic E-state index is 12.0. The third kappa shape index (κ3) is 2.49. The quantitative estimate of drug-likeness (QED) is 0.912. The Kier molecular flexibility index (Phi) is 3.36. The first-order valence-corrected chi connectivity index (χ1v) is 7.26. The van der Waals surface area contributed by atoms with E-state index in [4.69, 9.17) is 9.84 Å². The zero-order chi connectivity index (χ0) is 14.2. The molecule has 0 bridgehead atoms. The minimum absolute atomic E-state index is 0.104. The highest BCUT2D eigenvalue weighted by Gasteiger charge is 2.30. The molecular weight excluding hydrogens is 268 g/mol. The summed E-state index contributed by atoms with van der Waals surface area (Å²) < 4.78 is 29.1. The summed E-state index contributed by atoms with van der Waals surface area (Å²) in [6, 6.07) is 4.78. The van der Waals surface area contributed by atoms with E-state index in [1.807, 2.05) is 0 Å². The van der Waals surface area contributed by atoms with Gasteiger partial charge in [-0.1, -0.05) is 6.92 Å². The maximum Gasteiger partial charge on any atom is 0.303 e. The van der Waals surface area contributed by atoms with Gasteiger partial charge in [0.1, 0.15) is 5.75 Å². The van der Waals surface area contributed by atoms with Crippen molar-refractivity contribution in [1.82, 2.24) is 0 Å². The molecule has 2 rings (SSSR count). The fourth-order valence-corrected chi connectivity index (χ4v) is 3.74. The summed E-state index contributed by atoms with van der Waals surface area (Å²) in [4.78, 5) is 10.9. The van der Waals surface area contributed by atoms with Crippen molar-refractivity contribution in [3.05, 3.63) is 29.2 Å². The Morgan fingerprint density at radius 1 is 1.42 bits per heavy atom. The first-order chi connectivity index (χ1) is 8.85. The fourth-order valence-electron chi connectivity index (χ4n) is 2.15. The molecule has 1 aliphatic rings. The van der Waals surface area contributed by atoms with Gasteiger partial charge in [-0.25, -0.2) is 8.42 Å². The molecule has 1 aromatic carbocycles. The van der Waals surface area contributed by atoms with E-state index in [1.54, 1.807) is 19.1 Å². The van der Waals surface area contributed by atoms with Gasteiger partial charge in [0.15, 0.2) is 0 Å². The molecule has 6 heteroatoms. The lowest BCUT2D eigenvalue weighted by Gasteiger charge is -2.11. The van der Waals surface area contributed by atoms with Gasteiger partial charge in [0, 0.05) is 5.41 Å². The van der Waals surface area contributed by atoms with Crippen LogP contribution in [0.1, 0.15) is 18.9 Å². The van der Waals surface area contributed by atoms with Crippen molar-refractivity contribution in [3.8, 4) is 5.75 Å². The third-order valence-corrected chi connectivity index (χ3v) is 4.62. The number of fused-ring (bicyclic) bond motifs is 1. The molecule has 102 valence electrons. The van der Waals surface area contributed by atoms with Crippen LogP contribution in [0.5, 0.6) is 5.75 Å². The number of benzene rings is 1. The Hall–Kier alpha value is -1.82. The second-order valence-corrected chi connectivity index (χ2v) is 6.24. The van der Waals surface area contributed by atoms with Gasteiger partial charge in [-0.15, -0.1) is 0 Å². The molecule has 1 aromatic rings. The lowest BCUT2D eigenvalue weighted by molar-refractivity contribution is -0.137. The molecule has 0 saturated carbocycles. The molecule has 19 heavy (non-hydrogen) atoms. The molecule has 0 amide bonds. The van der Waals surface area contributed by atoms with Crippen LogP contribution in [-0.2, 0) is 14.6 Å². The van der Waals surface area contributed by atoms with Gasteiger partial charge in [-0.2, -0.15) is 0 Å². The summed E-state index contributed by atoms with van der Waals surface area (Å²) in [6.07, 6.45) is -0.104. The second-order valence-electron chi connectivity index (χ2n) is 4.48. The van der Waals surface area contributed by atoms with Gasteiger partial charge in [0.05, 0.1) is 18.4 Å². The smallest absolute Gasteiger partial charge is 0.303 e. The van der Waals surface area contributed by atoms with E-state index in [9.17, 15) is 13.2 Å². The first kappa shape index (κ1) is 13.6. The summed E-state index contributed by atoms with van der Waals surface area (Å²) in [6.45, 7) is 1.70.